The van der Waals surface area contributed by atoms with E-state index in [4.69, 9.17) is 4.74 Å². The largest absolute Gasteiger partial charge is 0.391 e. The van der Waals surface area contributed by atoms with Crippen molar-refractivity contribution in [2.45, 2.75) is 32.5 Å². The van der Waals surface area contributed by atoms with Crippen LogP contribution in [0, 0.1) is 0 Å². The summed E-state index contributed by atoms with van der Waals surface area (Å²) in [6, 6.07) is 0. The third-order valence-electron chi connectivity index (χ3n) is 2.04. The molecule has 0 saturated carbocycles. The van der Waals surface area contributed by atoms with Crippen LogP contribution in [0.3, 0.4) is 0 Å². The molecule has 0 radical (unpaired) electrons. The summed E-state index contributed by atoms with van der Waals surface area (Å²) < 4.78 is 40.4. The van der Waals surface area contributed by atoms with E-state index >= 15 is 0 Å². The minimum Gasteiger partial charge on any atom is -0.375 e. The number of rotatable bonds is 7. The van der Waals surface area contributed by atoms with Crippen molar-refractivity contribution in [2.24, 2.45) is 0 Å². The topological polar surface area (TPSA) is 47.0 Å². The summed E-state index contributed by atoms with van der Waals surface area (Å²) in [4.78, 5) is 8.10. The van der Waals surface area contributed by atoms with E-state index in [1.807, 2.05) is 6.92 Å². The maximum absolute atomic E-state index is 11.8. The van der Waals surface area contributed by atoms with Crippen molar-refractivity contribution >= 4 is 5.82 Å². The monoisotopic (exact) mass is 263 g/mol. The van der Waals surface area contributed by atoms with E-state index in [1.165, 1.54) is 12.4 Å². The molecular formula is C11H16F3N3O. The molecule has 0 fully saturated rings. The van der Waals surface area contributed by atoms with Gasteiger partial charge in [0.25, 0.3) is 0 Å². The Kier molecular flexibility index (Phi) is 5.84. The zero-order valence-corrected chi connectivity index (χ0v) is 10.1. The Labute approximate surface area is 104 Å². The van der Waals surface area contributed by atoms with E-state index in [-0.39, 0.29) is 13.2 Å². The van der Waals surface area contributed by atoms with Crippen LogP contribution in [0.4, 0.5) is 19.0 Å². The van der Waals surface area contributed by atoms with Gasteiger partial charge in [-0.2, -0.15) is 13.2 Å². The van der Waals surface area contributed by atoms with Crippen LogP contribution in [0.5, 0.6) is 0 Å². The minimum absolute atomic E-state index is 0.0388. The highest BCUT2D eigenvalue weighted by atomic mass is 19.4. The number of aromatic nitrogens is 2. The summed E-state index contributed by atoms with van der Waals surface area (Å²) >= 11 is 0. The van der Waals surface area contributed by atoms with Crippen LogP contribution in [-0.4, -0.2) is 29.3 Å². The normalized spacial score (nSPS) is 11.6. The average Bonchev–Trinajstić information content (AvgIpc) is 2.32. The van der Waals surface area contributed by atoms with Crippen LogP contribution in [0.2, 0.25) is 0 Å². The number of alkyl halides is 3. The van der Waals surface area contributed by atoms with Crippen molar-refractivity contribution in [3.05, 3.63) is 18.1 Å². The maximum atomic E-state index is 11.8. The van der Waals surface area contributed by atoms with Crippen LogP contribution in [0.25, 0.3) is 0 Å². The Balaban J connectivity index is 2.26. The third kappa shape index (κ3) is 6.39. The third-order valence-corrected chi connectivity index (χ3v) is 2.04. The highest BCUT2D eigenvalue weighted by Crippen LogP contribution is 2.19. The van der Waals surface area contributed by atoms with E-state index in [0.717, 1.165) is 13.0 Å². The van der Waals surface area contributed by atoms with Gasteiger partial charge in [0.15, 0.2) is 0 Å². The molecule has 1 heterocycles. The first-order valence-electron chi connectivity index (χ1n) is 5.70. The molecule has 0 aromatic carbocycles. The van der Waals surface area contributed by atoms with Crippen molar-refractivity contribution in [1.82, 2.24) is 9.97 Å². The van der Waals surface area contributed by atoms with Gasteiger partial charge in [-0.25, -0.2) is 4.98 Å². The van der Waals surface area contributed by atoms with E-state index in [2.05, 4.69) is 15.3 Å². The Morgan fingerprint density at radius 2 is 2.06 bits per heavy atom. The summed E-state index contributed by atoms with van der Waals surface area (Å²) in [6.45, 7) is 2.51. The van der Waals surface area contributed by atoms with Crippen LogP contribution in [0.1, 0.15) is 25.5 Å². The SMILES string of the molecule is CCCNc1cnc(COCCC(F)(F)F)cn1. The Morgan fingerprint density at radius 3 is 2.61 bits per heavy atom. The number of halogens is 3. The molecule has 1 N–H and O–H groups in total. The van der Waals surface area contributed by atoms with Gasteiger partial charge in [0.2, 0.25) is 0 Å². The Hall–Kier alpha value is -1.37. The Morgan fingerprint density at radius 1 is 1.28 bits per heavy atom. The zero-order valence-electron chi connectivity index (χ0n) is 10.1. The van der Waals surface area contributed by atoms with Crippen molar-refractivity contribution in [3.63, 3.8) is 0 Å². The standard InChI is InChI=1S/C11H16F3N3O/c1-2-4-15-10-7-16-9(6-17-10)8-18-5-3-11(12,13)14/h6-7H,2-5,8H2,1H3,(H,15,17). The highest BCUT2D eigenvalue weighted by molar-refractivity contribution is 5.30. The number of anilines is 1. The number of ether oxygens (including phenoxy) is 1. The van der Waals surface area contributed by atoms with Crippen molar-refractivity contribution in [3.8, 4) is 0 Å². The summed E-state index contributed by atoms with van der Waals surface area (Å²) in [5.74, 6) is 0.649. The fraction of sp³-hybridized carbons (Fsp3) is 0.636. The molecule has 0 unspecified atom stereocenters. The zero-order chi connectivity index (χ0) is 13.4. The maximum Gasteiger partial charge on any atom is 0.391 e. The number of nitrogens with one attached hydrogen (secondary N) is 1. The first kappa shape index (κ1) is 14.7. The van der Waals surface area contributed by atoms with E-state index in [0.29, 0.717) is 11.5 Å². The van der Waals surface area contributed by atoms with Gasteiger partial charge in [-0.1, -0.05) is 6.92 Å². The predicted octanol–water partition coefficient (Wildman–Crippen LogP) is 2.77. The predicted molar refractivity (Wildman–Crippen MR) is 61.1 cm³/mol. The molecule has 18 heavy (non-hydrogen) atoms. The summed E-state index contributed by atoms with van der Waals surface area (Å²) in [6.07, 6.45) is -1.12. The molecule has 1 aromatic heterocycles. The van der Waals surface area contributed by atoms with Crippen molar-refractivity contribution < 1.29 is 17.9 Å². The molecule has 1 rings (SSSR count). The van der Waals surface area contributed by atoms with Crippen LogP contribution in [-0.2, 0) is 11.3 Å². The van der Waals surface area contributed by atoms with Gasteiger partial charge >= 0.3 is 6.18 Å². The molecule has 0 aliphatic heterocycles. The van der Waals surface area contributed by atoms with Crippen LogP contribution < -0.4 is 5.32 Å². The number of hydrogen-bond acceptors (Lipinski definition) is 4. The lowest BCUT2D eigenvalue weighted by Crippen LogP contribution is -2.11. The lowest BCUT2D eigenvalue weighted by atomic mass is 10.4. The molecule has 0 aliphatic carbocycles. The molecule has 7 heteroatoms. The van der Waals surface area contributed by atoms with Gasteiger partial charge in [0.1, 0.15) is 5.82 Å². The molecule has 0 spiro atoms. The molecular weight excluding hydrogens is 247 g/mol. The highest BCUT2D eigenvalue weighted by Gasteiger charge is 2.26. The van der Waals surface area contributed by atoms with Crippen LogP contribution >= 0.6 is 0 Å². The van der Waals surface area contributed by atoms with E-state index in [1.54, 1.807) is 0 Å². The van der Waals surface area contributed by atoms with Gasteiger partial charge in [-0.3, -0.25) is 4.98 Å². The Bertz CT molecular complexity index is 340. The molecule has 0 saturated heterocycles. The molecule has 0 amide bonds. The van der Waals surface area contributed by atoms with E-state index < -0.39 is 12.6 Å². The molecule has 0 bridgehead atoms. The second-order valence-electron chi connectivity index (χ2n) is 3.74. The van der Waals surface area contributed by atoms with Gasteiger partial charge < -0.3 is 10.1 Å². The summed E-state index contributed by atoms with van der Waals surface area (Å²) in [5, 5.41) is 3.05. The lowest BCUT2D eigenvalue weighted by molar-refractivity contribution is -0.146. The lowest BCUT2D eigenvalue weighted by Gasteiger charge is -2.07. The van der Waals surface area contributed by atoms with Gasteiger partial charge in [0, 0.05) is 6.54 Å². The van der Waals surface area contributed by atoms with E-state index in [9.17, 15) is 13.2 Å². The second-order valence-corrected chi connectivity index (χ2v) is 3.74. The van der Waals surface area contributed by atoms with Crippen molar-refractivity contribution in [1.29, 1.82) is 0 Å². The molecule has 0 aliphatic rings. The molecule has 102 valence electrons. The quantitative estimate of drug-likeness (QED) is 0.768. The second kappa shape index (κ2) is 7.15. The first-order valence-corrected chi connectivity index (χ1v) is 5.70. The molecule has 4 nitrogen and oxygen atoms in total. The molecule has 1 aromatic rings. The number of hydrogen-bond donors (Lipinski definition) is 1. The fourth-order valence-corrected chi connectivity index (χ4v) is 1.14. The fourth-order valence-electron chi connectivity index (χ4n) is 1.14. The summed E-state index contributed by atoms with van der Waals surface area (Å²) in [5.41, 5.74) is 0.513. The summed E-state index contributed by atoms with van der Waals surface area (Å²) in [7, 11) is 0. The van der Waals surface area contributed by atoms with Gasteiger partial charge in [-0.05, 0) is 6.42 Å². The van der Waals surface area contributed by atoms with Crippen LogP contribution in [0.15, 0.2) is 12.4 Å². The number of nitrogens with zero attached hydrogens (tertiary/aromatic N) is 2. The van der Waals surface area contributed by atoms with Gasteiger partial charge in [-0.15, -0.1) is 0 Å². The van der Waals surface area contributed by atoms with Crippen molar-refractivity contribution in [2.75, 3.05) is 18.5 Å². The molecule has 0 atom stereocenters. The average molecular weight is 263 g/mol. The van der Waals surface area contributed by atoms with Gasteiger partial charge in [0.05, 0.1) is 37.7 Å². The smallest absolute Gasteiger partial charge is 0.375 e. The minimum atomic E-state index is -4.18. The first-order chi connectivity index (χ1) is 8.51.